The summed E-state index contributed by atoms with van der Waals surface area (Å²) in [6, 6.07) is 5.31. The van der Waals surface area contributed by atoms with Crippen molar-refractivity contribution in [2.45, 2.75) is 33.2 Å². The van der Waals surface area contributed by atoms with Crippen LogP contribution in [0.5, 0.6) is 0 Å². The fourth-order valence-corrected chi connectivity index (χ4v) is 2.47. The predicted molar refractivity (Wildman–Crippen MR) is 87.5 cm³/mol. The number of carbonyl (C=O) groups excluding carboxylic acids is 1. The largest absolute Gasteiger partial charge is 0.293 e. The van der Waals surface area contributed by atoms with Crippen molar-refractivity contribution in [1.82, 2.24) is 4.90 Å². The Labute approximate surface area is 131 Å². The summed E-state index contributed by atoms with van der Waals surface area (Å²) in [4.78, 5) is 14.5. The molecule has 0 N–H and O–H groups in total. The van der Waals surface area contributed by atoms with Crippen molar-refractivity contribution >= 4 is 35.1 Å². The van der Waals surface area contributed by atoms with E-state index in [1.807, 2.05) is 19.9 Å². The zero-order chi connectivity index (χ0) is 15.3. The average molecular weight is 314 g/mol. The molecule has 20 heavy (non-hydrogen) atoms. The SMILES string of the molecule is CCN(CC)C(C)(C)C(=O)/C=C\c1ccc(Cl)c(Cl)c1. The van der Waals surface area contributed by atoms with E-state index in [0.29, 0.717) is 10.0 Å². The molecule has 110 valence electrons. The van der Waals surface area contributed by atoms with E-state index < -0.39 is 5.54 Å². The minimum Gasteiger partial charge on any atom is -0.293 e. The van der Waals surface area contributed by atoms with Gasteiger partial charge in [0.05, 0.1) is 15.6 Å². The zero-order valence-electron chi connectivity index (χ0n) is 12.4. The normalized spacial score (nSPS) is 12.3. The summed E-state index contributed by atoms with van der Waals surface area (Å²) in [6.07, 6.45) is 3.38. The van der Waals surface area contributed by atoms with Gasteiger partial charge >= 0.3 is 0 Å². The Morgan fingerprint density at radius 3 is 2.30 bits per heavy atom. The number of likely N-dealkylation sites (N-methyl/N-ethyl adjacent to an activating group) is 1. The van der Waals surface area contributed by atoms with Crippen molar-refractivity contribution in [3.8, 4) is 0 Å². The van der Waals surface area contributed by atoms with Crippen LogP contribution in [0.15, 0.2) is 24.3 Å². The van der Waals surface area contributed by atoms with Crippen LogP contribution in [0.25, 0.3) is 6.08 Å². The van der Waals surface area contributed by atoms with Crippen molar-refractivity contribution in [2.75, 3.05) is 13.1 Å². The Kier molecular flexibility index (Phi) is 6.25. The summed E-state index contributed by atoms with van der Waals surface area (Å²) >= 11 is 11.8. The lowest BCUT2D eigenvalue weighted by Crippen LogP contribution is -2.49. The van der Waals surface area contributed by atoms with E-state index in [2.05, 4.69) is 18.7 Å². The monoisotopic (exact) mass is 313 g/mol. The molecule has 0 aliphatic carbocycles. The quantitative estimate of drug-likeness (QED) is 0.710. The second-order valence-electron chi connectivity index (χ2n) is 5.10. The molecule has 0 fully saturated rings. The Bertz CT molecular complexity index is 505. The molecule has 4 heteroatoms. The van der Waals surface area contributed by atoms with Gasteiger partial charge in [-0.25, -0.2) is 0 Å². The fraction of sp³-hybridized carbons (Fsp3) is 0.438. The highest BCUT2D eigenvalue weighted by atomic mass is 35.5. The molecule has 0 radical (unpaired) electrons. The average Bonchev–Trinajstić information content (AvgIpc) is 2.40. The van der Waals surface area contributed by atoms with Crippen LogP contribution in [0, 0.1) is 0 Å². The Balaban J connectivity index is 2.88. The summed E-state index contributed by atoms with van der Waals surface area (Å²) in [6.45, 7) is 9.69. The van der Waals surface area contributed by atoms with Crippen molar-refractivity contribution < 1.29 is 4.79 Å². The molecular formula is C16H21Cl2NO. The molecule has 0 heterocycles. The van der Waals surface area contributed by atoms with Crippen LogP contribution >= 0.6 is 23.2 Å². The molecule has 0 unspecified atom stereocenters. The maximum atomic E-state index is 12.4. The lowest BCUT2D eigenvalue weighted by Gasteiger charge is -2.34. The molecule has 1 aromatic carbocycles. The van der Waals surface area contributed by atoms with E-state index in [1.165, 1.54) is 0 Å². The molecule has 1 aromatic rings. The Morgan fingerprint density at radius 1 is 1.20 bits per heavy atom. The molecule has 0 atom stereocenters. The van der Waals surface area contributed by atoms with Crippen LogP contribution in [0.1, 0.15) is 33.3 Å². The number of hydrogen-bond donors (Lipinski definition) is 0. The summed E-state index contributed by atoms with van der Waals surface area (Å²) in [5.41, 5.74) is 0.360. The van der Waals surface area contributed by atoms with Crippen molar-refractivity contribution in [3.63, 3.8) is 0 Å². The van der Waals surface area contributed by atoms with Crippen molar-refractivity contribution in [1.29, 1.82) is 0 Å². The highest BCUT2D eigenvalue weighted by molar-refractivity contribution is 6.42. The van der Waals surface area contributed by atoms with Crippen LogP contribution in [0.4, 0.5) is 0 Å². The number of ketones is 1. The third-order valence-electron chi connectivity index (χ3n) is 3.53. The van der Waals surface area contributed by atoms with E-state index in [9.17, 15) is 4.79 Å². The molecule has 0 saturated carbocycles. The number of halogens is 2. The Hall–Kier alpha value is -0.830. The second kappa shape index (κ2) is 7.26. The number of hydrogen-bond acceptors (Lipinski definition) is 2. The van der Waals surface area contributed by atoms with Gasteiger partial charge in [0.15, 0.2) is 5.78 Å². The molecule has 1 rings (SSSR count). The number of nitrogens with zero attached hydrogens (tertiary/aromatic N) is 1. The molecular weight excluding hydrogens is 293 g/mol. The summed E-state index contributed by atoms with van der Waals surface area (Å²) in [7, 11) is 0. The third-order valence-corrected chi connectivity index (χ3v) is 4.27. The van der Waals surface area contributed by atoms with Crippen LogP contribution in [-0.2, 0) is 4.79 Å². The lowest BCUT2D eigenvalue weighted by atomic mass is 9.95. The van der Waals surface area contributed by atoms with Gasteiger partial charge in [-0.3, -0.25) is 9.69 Å². The van der Waals surface area contributed by atoms with Gasteiger partial charge in [0.1, 0.15) is 0 Å². The summed E-state index contributed by atoms with van der Waals surface area (Å²) in [5.74, 6) is 0.0762. The summed E-state index contributed by atoms with van der Waals surface area (Å²) < 4.78 is 0. The minimum absolute atomic E-state index is 0.0762. The van der Waals surface area contributed by atoms with Crippen molar-refractivity contribution in [3.05, 3.63) is 39.9 Å². The molecule has 0 aliphatic heterocycles. The minimum atomic E-state index is -0.504. The molecule has 2 nitrogen and oxygen atoms in total. The van der Waals surface area contributed by atoms with Crippen LogP contribution in [0.2, 0.25) is 10.0 Å². The van der Waals surface area contributed by atoms with E-state index in [0.717, 1.165) is 18.7 Å². The third kappa shape index (κ3) is 4.08. The van der Waals surface area contributed by atoms with Crippen LogP contribution in [0.3, 0.4) is 0 Å². The molecule has 0 amide bonds. The van der Waals surface area contributed by atoms with Gasteiger partial charge in [0, 0.05) is 0 Å². The van der Waals surface area contributed by atoms with Gasteiger partial charge in [-0.2, -0.15) is 0 Å². The highest BCUT2D eigenvalue weighted by Gasteiger charge is 2.30. The smallest absolute Gasteiger partial charge is 0.175 e. The number of carbonyl (C=O) groups is 1. The maximum Gasteiger partial charge on any atom is 0.175 e. The standard InChI is InChI=1S/C16H21Cl2NO/c1-5-19(6-2)16(3,4)15(20)10-8-12-7-9-13(17)14(18)11-12/h7-11H,5-6H2,1-4H3/b10-8-. The molecule has 0 aliphatic rings. The Morgan fingerprint density at radius 2 is 1.80 bits per heavy atom. The first-order valence-electron chi connectivity index (χ1n) is 6.75. The van der Waals surface area contributed by atoms with E-state index in [1.54, 1.807) is 24.3 Å². The van der Waals surface area contributed by atoms with Crippen molar-refractivity contribution in [2.24, 2.45) is 0 Å². The zero-order valence-corrected chi connectivity index (χ0v) is 13.9. The molecule has 0 bridgehead atoms. The lowest BCUT2D eigenvalue weighted by molar-refractivity contribution is -0.124. The van der Waals surface area contributed by atoms with Gasteiger partial charge in [-0.1, -0.05) is 49.2 Å². The molecule has 0 spiro atoms. The van der Waals surface area contributed by atoms with Crippen LogP contribution in [-0.4, -0.2) is 29.3 Å². The second-order valence-corrected chi connectivity index (χ2v) is 5.92. The summed E-state index contributed by atoms with van der Waals surface area (Å²) in [5, 5.41) is 1.00. The predicted octanol–water partition coefficient (Wildman–Crippen LogP) is 4.70. The van der Waals surface area contributed by atoms with Gasteiger partial charge in [-0.05, 0) is 50.7 Å². The number of rotatable bonds is 6. The molecule has 0 saturated heterocycles. The first kappa shape index (κ1) is 17.2. The van der Waals surface area contributed by atoms with Gasteiger partial charge in [-0.15, -0.1) is 0 Å². The maximum absolute atomic E-state index is 12.4. The van der Waals surface area contributed by atoms with E-state index in [4.69, 9.17) is 23.2 Å². The fourth-order valence-electron chi connectivity index (χ4n) is 2.16. The first-order chi connectivity index (χ1) is 9.32. The first-order valence-corrected chi connectivity index (χ1v) is 7.51. The van der Waals surface area contributed by atoms with E-state index in [-0.39, 0.29) is 5.78 Å². The molecule has 0 aromatic heterocycles. The van der Waals surface area contributed by atoms with Crippen LogP contribution < -0.4 is 0 Å². The van der Waals surface area contributed by atoms with Gasteiger partial charge in [0.25, 0.3) is 0 Å². The van der Waals surface area contributed by atoms with E-state index >= 15 is 0 Å². The topological polar surface area (TPSA) is 20.3 Å². The van der Waals surface area contributed by atoms with Gasteiger partial charge < -0.3 is 0 Å². The van der Waals surface area contributed by atoms with Gasteiger partial charge in [0.2, 0.25) is 0 Å². The highest BCUT2D eigenvalue weighted by Crippen LogP contribution is 2.23. The number of benzene rings is 1.